The van der Waals surface area contributed by atoms with Crippen molar-refractivity contribution < 1.29 is 13.2 Å². The van der Waals surface area contributed by atoms with Crippen LogP contribution < -0.4 is 5.14 Å². The van der Waals surface area contributed by atoms with Crippen LogP contribution in [0.4, 0.5) is 0 Å². The van der Waals surface area contributed by atoms with E-state index in [1.807, 2.05) is 0 Å². The third-order valence-corrected chi connectivity index (χ3v) is 3.76. The summed E-state index contributed by atoms with van der Waals surface area (Å²) in [6, 6.07) is 7.96. The van der Waals surface area contributed by atoms with E-state index >= 15 is 0 Å². The molecule has 0 aliphatic heterocycles. The molecule has 0 aliphatic rings. The monoisotopic (exact) mass is 260 g/mol. The van der Waals surface area contributed by atoms with Crippen LogP contribution in [0.15, 0.2) is 30.3 Å². The first-order valence-corrected chi connectivity index (χ1v) is 6.54. The third-order valence-electron chi connectivity index (χ3n) is 2.07. The van der Waals surface area contributed by atoms with E-state index in [0.717, 1.165) is 0 Å². The maximum absolute atomic E-state index is 11.8. The first-order valence-electron chi connectivity index (χ1n) is 4.56. The van der Waals surface area contributed by atoms with Gasteiger partial charge in [0.15, 0.2) is 11.0 Å². The van der Waals surface area contributed by atoms with Crippen LogP contribution in [-0.2, 0) is 10.0 Å². The molecule has 1 radical (unpaired) electrons. The zero-order valence-corrected chi connectivity index (χ0v) is 10.1. The molecule has 0 heterocycles. The summed E-state index contributed by atoms with van der Waals surface area (Å²) in [7, 11) is -4.24. The van der Waals surface area contributed by atoms with Crippen molar-refractivity contribution in [1.82, 2.24) is 5.14 Å². The maximum Gasteiger partial charge on any atom is 0.237 e. The van der Waals surface area contributed by atoms with Crippen molar-refractivity contribution in [2.45, 2.75) is 17.6 Å². The molecule has 2 unspecified atom stereocenters. The van der Waals surface area contributed by atoms with E-state index in [0.29, 0.717) is 0 Å². The number of hydrogen-bond acceptors (Lipinski definition) is 3. The lowest BCUT2D eigenvalue weighted by molar-refractivity contribution is 0.0986. The average molecular weight is 261 g/mol. The Morgan fingerprint density at radius 2 is 1.81 bits per heavy atom. The summed E-state index contributed by atoms with van der Waals surface area (Å²) in [5, 5.41) is 4.51. The van der Waals surface area contributed by atoms with Crippen LogP contribution in [-0.4, -0.2) is 24.8 Å². The van der Waals surface area contributed by atoms with Crippen molar-refractivity contribution in [2.24, 2.45) is 0 Å². The summed E-state index contributed by atoms with van der Waals surface area (Å²) in [5.41, 5.74) is 0.246. The standard InChI is InChI=1S/C10H11ClNO3S/c1-7(11)10(16(12,14)15)9(13)8-5-3-2-4-6-8/h2-7,10,12H,1H3. The predicted molar refractivity (Wildman–Crippen MR) is 61.9 cm³/mol. The molecule has 0 saturated carbocycles. The van der Waals surface area contributed by atoms with E-state index in [1.54, 1.807) is 18.2 Å². The average Bonchev–Trinajstić information content (AvgIpc) is 2.16. The number of halogens is 1. The van der Waals surface area contributed by atoms with Gasteiger partial charge < -0.3 is 0 Å². The van der Waals surface area contributed by atoms with Crippen molar-refractivity contribution >= 4 is 27.4 Å². The molecule has 1 N–H and O–H groups in total. The molecular weight excluding hydrogens is 250 g/mol. The van der Waals surface area contributed by atoms with Crippen LogP contribution in [0.25, 0.3) is 0 Å². The zero-order valence-electron chi connectivity index (χ0n) is 8.55. The van der Waals surface area contributed by atoms with Crippen LogP contribution in [0.5, 0.6) is 0 Å². The Labute approximate surface area is 99.5 Å². The summed E-state index contributed by atoms with van der Waals surface area (Å²) in [6.45, 7) is 1.39. The molecule has 0 amide bonds. The Kier molecular flexibility index (Phi) is 4.07. The molecule has 0 aromatic heterocycles. The van der Waals surface area contributed by atoms with E-state index in [2.05, 4.69) is 0 Å². The van der Waals surface area contributed by atoms with Gasteiger partial charge in [0, 0.05) is 5.56 Å². The lowest BCUT2D eigenvalue weighted by atomic mass is 10.1. The van der Waals surface area contributed by atoms with E-state index in [9.17, 15) is 13.2 Å². The fourth-order valence-electron chi connectivity index (χ4n) is 1.36. The molecule has 2 atom stereocenters. The summed E-state index contributed by atoms with van der Waals surface area (Å²) in [5.74, 6) is -0.641. The molecule has 0 aliphatic carbocycles. The highest BCUT2D eigenvalue weighted by Crippen LogP contribution is 2.16. The topological polar surface area (TPSA) is 75.0 Å². The number of benzene rings is 1. The molecule has 0 bridgehead atoms. The molecular formula is C10H11ClNO3S. The van der Waals surface area contributed by atoms with Crippen LogP contribution in [0.2, 0.25) is 0 Å². The van der Waals surface area contributed by atoms with Gasteiger partial charge in [-0.15, -0.1) is 16.7 Å². The van der Waals surface area contributed by atoms with Crippen molar-refractivity contribution in [3.05, 3.63) is 35.9 Å². The minimum absolute atomic E-state index is 0.246. The second-order valence-electron chi connectivity index (χ2n) is 3.37. The van der Waals surface area contributed by atoms with Gasteiger partial charge in [-0.25, -0.2) is 8.42 Å². The molecule has 0 spiro atoms. The van der Waals surface area contributed by atoms with Crippen LogP contribution in [0.1, 0.15) is 17.3 Å². The van der Waals surface area contributed by atoms with E-state index in [-0.39, 0.29) is 5.56 Å². The van der Waals surface area contributed by atoms with Gasteiger partial charge in [0.05, 0.1) is 5.38 Å². The van der Waals surface area contributed by atoms with E-state index in [4.69, 9.17) is 16.7 Å². The molecule has 16 heavy (non-hydrogen) atoms. The van der Waals surface area contributed by atoms with Gasteiger partial charge >= 0.3 is 0 Å². The number of hydrogen-bond donors (Lipinski definition) is 0. The van der Waals surface area contributed by atoms with E-state index < -0.39 is 26.4 Å². The Morgan fingerprint density at radius 1 is 1.31 bits per heavy atom. The molecule has 1 aromatic rings. The number of ketones is 1. The number of carbonyl (C=O) groups excluding carboxylic acids is 1. The van der Waals surface area contributed by atoms with Crippen LogP contribution in [0, 0.1) is 0 Å². The van der Waals surface area contributed by atoms with E-state index in [1.165, 1.54) is 19.1 Å². The fourth-order valence-corrected chi connectivity index (χ4v) is 2.80. The van der Waals surface area contributed by atoms with Gasteiger partial charge in [-0.3, -0.25) is 4.79 Å². The quantitative estimate of drug-likeness (QED) is 0.608. The smallest absolute Gasteiger partial charge is 0.237 e. The maximum atomic E-state index is 11.8. The highest BCUT2D eigenvalue weighted by atomic mass is 35.5. The number of sulfonamides is 1. The molecule has 1 rings (SSSR count). The number of alkyl halides is 1. The first kappa shape index (κ1) is 13.2. The van der Waals surface area contributed by atoms with Gasteiger partial charge in [-0.2, -0.15) is 0 Å². The van der Waals surface area contributed by atoms with Crippen LogP contribution in [0.3, 0.4) is 0 Å². The van der Waals surface area contributed by atoms with Gasteiger partial charge in [-0.1, -0.05) is 30.3 Å². The second-order valence-corrected chi connectivity index (χ2v) is 5.66. The zero-order chi connectivity index (χ0) is 12.3. The first-order chi connectivity index (χ1) is 7.34. The molecule has 0 fully saturated rings. The minimum atomic E-state index is -4.24. The Hall–Kier alpha value is -0.910. The minimum Gasteiger partial charge on any atom is -0.293 e. The summed E-state index contributed by atoms with van der Waals surface area (Å²) in [6.07, 6.45) is 0. The van der Waals surface area contributed by atoms with Crippen molar-refractivity contribution in [2.75, 3.05) is 0 Å². The molecule has 87 valence electrons. The van der Waals surface area contributed by atoms with Crippen molar-refractivity contribution in [3.8, 4) is 0 Å². The molecule has 1 aromatic carbocycles. The number of rotatable bonds is 4. The van der Waals surface area contributed by atoms with Gasteiger partial charge in [0.25, 0.3) is 0 Å². The summed E-state index contributed by atoms with van der Waals surface area (Å²) in [4.78, 5) is 11.8. The third kappa shape index (κ3) is 3.04. The lowest BCUT2D eigenvalue weighted by Crippen LogP contribution is -2.37. The summed E-state index contributed by atoms with van der Waals surface area (Å²) >= 11 is 5.65. The largest absolute Gasteiger partial charge is 0.293 e. The van der Waals surface area contributed by atoms with Crippen LogP contribution >= 0.6 is 11.6 Å². The van der Waals surface area contributed by atoms with Gasteiger partial charge in [-0.05, 0) is 6.92 Å². The summed E-state index contributed by atoms with van der Waals surface area (Å²) < 4.78 is 22.3. The molecule has 0 saturated heterocycles. The SMILES string of the molecule is CC(Cl)C(C(=O)c1ccccc1)S([NH])(=O)=O. The Morgan fingerprint density at radius 3 is 2.19 bits per heavy atom. The second kappa shape index (κ2) is 4.95. The molecule has 4 nitrogen and oxygen atoms in total. The lowest BCUT2D eigenvalue weighted by Gasteiger charge is -2.14. The van der Waals surface area contributed by atoms with Crippen molar-refractivity contribution in [1.29, 1.82) is 0 Å². The normalized spacial score (nSPS) is 15.4. The number of carbonyl (C=O) groups is 1. The predicted octanol–water partition coefficient (Wildman–Crippen LogP) is 1.48. The van der Waals surface area contributed by atoms with Gasteiger partial charge in [0.2, 0.25) is 10.0 Å². The highest BCUT2D eigenvalue weighted by molar-refractivity contribution is 7.90. The number of nitrogens with one attached hydrogen (secondary N) is 1. The fraction of sp³-hybridized carbons (Fsp3) is 0.300. The Bertz CT molecular complexity index is 470. The number of Topliss-reactive ketones (excluding diaryl/α,β-unsaturated/α-hetero) is 1. The van der Waals surface area contributed by atoms with Crippen molar-refractivity contribution in [3.63, 3.8) is 0 Å². The van der Waals surface area contributed by atoms with Gasteiger partial charge in [0.1, 0.15) is 0 Å². The highest BCUT2D eigenvalue weighted by Gasteiger charge is 2.35. The Balaban J connectivity index is 3.13. The molecule has 6 heteroatoms.